The third-order valence-electron chi connectivity index (χ3n) is 3.58. The first kappa shape index (κ1) is 17.7. The molecule has 1 heterocycles. The number of aromatic nitrogens is 2. The molecule has 0 saturated heterocycles. The molecule has 7 heteroatoms. The normalized spacial score (nSPS) is 10.2. The predicted molar refractivity (Wildman–Crippen MR) is 102 cm³/mol. The molecule has 0 atom stereocenters. The molecule has 0 aliphatic rings. The van der Waals surface area contributed by atoms with Crippen molar-refractivity contribution in [1.29, 1.82) is 0 Å². The molecule has 2 N–H and O–H groups in total. The number of para-hydroxylation sites is 2. The number of nitrogens with one attached hydrogen (secondary N) is 2. The predicted octanol–water partition coefficient (Wildman–Crippen LogP) is 4.06. The molecule has 0 bridgehead atoms. The van der Waals surface area contributed by atoms with Gasteiger partial charge in [0.15, 0.2) is 11.6 Å². The first-order chi connectivity index (χ1) is 12.6. The Morgan fingerprint density at radius 3 is 2.38 bits per heavy atom. The molecule has 0 aliphatic heterocycles. The molecule has 6 nitrogen and oxygen atoms in total. The van der Waals surface area contributed by atoms with E-state index in [0.29, 0.717) is 22.4 Å². The van der Waals surface area contributed by atoms with Crippen LogP contribution in [0.15, 0.2) is 60.7 Å². The molecule has 0 saturated carbocycles. The van der Waals surface area contributed by atoms with E-state index in [-0.39, 0.29) is 12.3 Å². The van der Waals surface area contributed by atoms with Crippen LogP contribution in [0.25, 0.3) is 0 Å². The van der Waals surface area contributed by atoms with Crippen molar-refractivity contribution in [2.24, 2.45) is 0 Å². The van der Waals surface area contributed by atoms with Crippen LogP contribution in [0.5, 0.6) is 5.75 Å². The van der Waals surface area contributed by atoms with Gasteiger partial charge < -0.3 is 15.4 Å². The van der Waals surface area contributed by atoms with Crippen molar-refractivity contribution in [3.05, 3.63) is 71.2 Å². The van der Waals surface area contributed by atoms with Gasteiger partial charge in [-0.2, -0.15) is 0 Å². The standard InChI is InChI=1S/C19H17ClN4O2/c1-26-16-5-3-2-4-15(16)21-17-10-11-18(24-23-17)22-19(25)12-13-6-8-14(20)9-7-13/h2-11H,12H2,1H3,(H,21,23)(H,22,24,25). The van der Waals surface area contributed by atoms with Crippen LogP contribution < -0.4 is 15.4 Å². The second kappa shape index (κ2) is 8.31. The summed E-state index contributed by atoms with van der Waals surface area (Å²) in [6.45, 7) is 0. The van der Waals surface area contributed by atoms with Crippen LogP contribution in [0.2, 0.25) is 5.02 Å². The van der Waals surface area contributed by atoms with E-state index in [1.165, 1.54) is 0 Å². The van der Waals surface area contributed by atoms with Crippen molar-refractivity contribution < 1.29 is 9.53 Å². The Kier molecular flexibility index (Phi) is 5.66. The maximum atomic E-state index is 12.1. The van der Waals surface area contributed by atoms with Gasteiger partial charge >= 0.3 is 0 Å². The van der Waals surface area contributed by atoms with Gasteiger partial charge in [0.25, 0.3) is 0 Å². The largest absolute Gasteiger partial charge is 0.495 e. The van der Waals surface area contributed by atoms with Crippen molar-refractivity contribution in [2.75, 3.05) is 17.7 Å². The average Bonchev–Trinajstić information content (AvgIpc) is 2.65. The number of nitrogens with zero attached hydrogens (tertiary/aromatic N) is 2. The summed E-state index contributed by atoms with van der Waals surface area (Å²) in [6, 6.07) is 18.1. The van der Waals surface area contributed by atoms with Crippen molar-refractivity contribution in [2.45, 2.75) is 6.42 Å². The molecule has 3 rings (SSSR count). The van der Waals surface area contributed by atoms with Crippen LogP contribution in [0.4, 0.5) is 17.3 Å². The van der Waals surface area contributed by atoms with Gasteiger partial charge in [0.2, 0.25) is 5.91 Å². The Bertz CT molecular complexity index is 883. The summed E-state index contributed by atoms with van der Waals surface area (Å²) in [7, 11) is 1.60. The number of ether oxygens (including phenoxy) is 1. The van der Waals surface area contributed by atoms with Crippen LogP contribution in [0.1, 0.15) is 5.56 Å². The lowest BCUT2D eigenvalue weighted by Gasteiger charge is -2.10. The van der Waals surface area contributed by atoms with Crippen LogP contribution in [-0.4, -0.2) is 23.2 Å². The lowest BCUT2D eigenvalue weighted by molar-refractivity contribution is -0.115. The van der Waals surface area contributed by atoms with Crippen LogP contribution in [0, 0.1) is 0 Å². The van der Waals surface area contributed by atoms with Crippen molar-refractivity contribution >= 4 is 34.8 Å². The summed E-state index contributed by atoms with van der Waals surface area (Å²) in [6.07, 6.45) is 0.236. The fourth-order valence-electron chi connectivity index (χ4n) is 2.33. The number of hydrogen-bond acceptors (Lipinski definition) is 5. The van der Waals surface area contributed by atoms with Gasteiger partial charge in [0.05, 0.1) is 19.2 Å². The molecule has 0 spiro atoms. The molecular formula is C19H17ClN4O2. The molecule has 3 aromatic rings. The lowest BCUT2D eigenvalue weighted by Crippen LogP contribution is -2.15. The summed E-state index contributed by atoms with van der Waals surface area (Å²) in [5, 5.41) is 14.6. The van der Waals surface area contributed by atoms with Gasteiger partial charge in [-0.25, -0.2) is 0 Å². The highest BCUT2D eigenvalue weighted by molar-refractivity contribution is 6.30. The number of amides is 1. The summed E-state index contributed by atoms with van der Waals surface area (Å²) < 4.78 is 5.28. The molecule has 0 unspecified atom stereocenters. The Balaban J connectivity index is 1.60. The van der Waals surface area contributed by atoms with Crippen molar-refractivity contribution in [1.82, 2.24) is 10.2 Å². The number of carbonyl (C=O) groups is 1. The molecule has 0 radical (unpaired) electrons. The highest BCUT2D eigenvalue weighted by atomic mass is 35.5. The van der Waals surface area contributed by atoms with Gasteiger partial charge in [0, 0.05) is 5.02 Å². The zero-order chi connectivity index (χ0) is 18.4. The first-order valence-corrected chi connectivity index (χ1v) is 8.30. The van der Waals surface area contributed by atoms with Crippen LogP contribution >= 0.6 is 11.6 Å². The van der Waals surface area contributed by atoms with Gasteiger partial charge in [-0.05, 0) is 42.0 Å². The van der Waals surface area contributed by atoms with E-state index in [4.69, 9.17) is 16.3 Å². The molecular weight excluding hydrogens is 352 g/mol. The topological polar surface area (TPSA) is 76.1 Å². The van der Waals surface area contributed by atoms with Crippen LogP contribution in [-0.2, 0) is 11.2 Å². The first-order valence-electron chi connectivity index (χ1n) is 7.92. The third kappa shape index (κ3) is 4.70. The highest BCUT2D eigenvalue weighted by Crippen LogP contribution is 2.26. The molecule has 132 valence electrons. The minimum atomic E-state index is -0.174. The van der Waals surface area contributed by atoms with E-state index in [2.05, 4.69) is 20.8 Å². The smallest absolute Gasteiger partial charge is 0.229 e. The summed E-state index contributed by atoms with van der Waals surface area (Å²) in [5.41, 5.74) is 1.65. The Labute approximate surface area is 156 Å². The fourth-order valence-corrected chi connectivity index (χ4v) is 2.45. The fraction of sp³-hybridized carbons (Fsp3) is 0.105. The number of anilines is 3. The Hall–Kier alpha value is -3.12. The quantitative estimate of drug-likeness (QED) is 0.686. The summed E-state index contributed by atoms with van der Waals surface area (Å²) in [5.74, 6) is 1.46. The van der Waals surface area contributed by atoms with Crippen LogP contribution in [0.3, 0.4) is 0 Å². The molecule has 1 aromatic heterocycles. The SMILES string of the molecule is COc1ccccc1Nc1ccc(NC(=O)Cc2ccc(Cl)cc2)nn1. The van der Waals surface area contributed by atoms with E-state index < -0.39 is 0 Å². The zero-order valence-electron chi connectivity index (χ0n) is 14.1. The van der Waals surface area contributed by atoms with Gasteiger partial charge in [0.1, 0.15) is 5.75 Å². The van der Waals surface area contributed by atoms with Crippen molar-refractivity contribution in [3.63, 3.8) is 0 Å². The molecule has 26 heavy (non-hydrogen) atoms. The highest BCUT2D eigenvalue weighted by Gasteiger charge is 2.07. The molecule has 1 amide bonds. The Morgan fingerprint density at radius 1 is 1.00 bits per heavy atom. The minimum Gasteiger partial charge on any atom is -0.495 e. The summed E-state index contributed by atoms with van der Waals surface area (Å²) in [4.78, 5) is 12.1. The zero-order valence-corrected chi connectivity index (χ0v) is 14.8. The molecule has 0 fully saturated rings. The monoisotopic (exact) mass is 368 g/mol. The summed E-state index contributed by atoms with van der Waals surface area (Å²) >= 11 is 5.84. The van der Waals surface area contributed by atoms with E-state index in [1.54, 1.807) is 31.4 Å². The average molecular weight is 369 g/mol. The second-order valence-corrected chi connectivity index (χ2v) is 5.92. The van der Waals surface area contributed by atoms with E-state index >= 15 is 0 Å². The number of methoxy groups -OCH3 is 1. The minimum absolute atomic E-state index is 0.174. The maximum Gasteiger partial charge on any atom is 0.229 e. The van der Waals surface area contributed by atoms with Crippen molar-refractivity contribution in [3.8, 4) is 5.75 Å². The third-order valence-corrected chi connectivity index (χ3v) is 3.83. The van der Waals surface area contributed by atoms with Gasteiger partial charge in [-0.1, -0.05) is 35.9 Å². The van der Waals surface area contributed by atoms with E-state index in [0.717, 1.165) is 11.3 Å². The number of halogens is 1. The molecule has 0 aliphatic carbocycles. The van der Waals surface area contributed by atoms with Gasteiger partial charge in [-0.3, -0.25) is 4.79 Å². The number of carbonyl (C=O) groups excluding carboxylic acids is 1. The van der Waals surface area contributed by atoms with E-state index in [1.807, 2.05) is 36.4 Å². The number of hydrogen-bond donors (Lipinski definition) is 2. The lowest BCUT2D eigenvalue weighted by atomic mass is 10.1. The Morgan fingerprint density at radius 2 is 1.69 bits per heavy atom. The molecule has 2 aromatic carbocycles. The number of rotatable bonds is 6. The van der Waals surface area contributed by atoms with Gasteiger partial charge in [-0.15, -0.1) is 10.2 Å². The van der Waals surface area contributed by atoms with E-state index in [9.17, 15) is 4.79 Å². The second-order valence-electron chi connectivity index (χ2n) is 5.48. The number of benzene rings is 2. The maximum absolute atomic E-state index is 12.1.